The van der Waals surface area contributed by atoms with Gasteiger partial charge in [-0.1, -0.05) is 48.5 Å². The molecule has 0 aromatic heterocycles. The molecule has 3 amide bonds. The quantitative estimate of drug-likeness (QED) is 0.770. The van der Waals surface area contributed by atoms with Gasteiger partial charge in [0.05, 0.1) is 0 Å². The second-order valence-corrected chi connectivity index (χ2v) is 8.36. The number of amides is 3. The Morgan fingerprint density at radius 3 is 2.16 bits per heavy atom. The van der Waals surface area contributed by atoms with Crippen LogP contribution in [0.25, 0.3) is 0 Å². The van der Waals surface area contributed by atoms with Gasteiger partial charge in [0, 0.05) is 32.7 Å². The van der Waals surface area contributed by atoms with E-state index in [0.717, 1.165) is 22.4 Å². The topological polar surface area (TPSA) is 79.0 Å². The van der Waals surface area contributed by atoms with Crippen LogP contribution in [0.15, 0.2) is 48.5 Å². The zero-order valence-electron chi connectivity index (χ0n) is 19.2. The van der Waals surface area contributed by atoms with E-state index in [0.29, 0.717) is 25.9 Å². The van der Waals surface area contributed by atoms with E-state index in [4.69, 9.17) is 4.74 Å². The number of hydrogen-bond acceptors (Lipinski definition) is 4. The maximum Gasteiger partial charge on any atom is 0.410 e. The predicted molar refractivity (Wildman–Crippen MR) is 123 cm³/mol. The Morgan fingerprint density at radius 2 is 1.59 bits per heavy atom. The molecule has 2 aromatic carbocycles. The minimum absolute atomic E-state index is 0.193. The van der Waals surface area contributed by atoms with Gasteiger partial charge in [-0.3, -0.25) is 9.59 Å². The second-order valence-electron chi connectivity index (χ2n) is 8.36. The van der Waals surface area contributed by atoms with Crippen LogP contribution in [0.4, 0.5) is 10.5 Å². The van der Waals surface area contributed by atoms with Gasteiger partial charge in [-0.15, -0.1) is 0 Å². The largest absolute Gasteiger partial charge is 0.445 e. The summed E-state index contributed by atoms with van der Waals surface area (Å²) >= 11 is 0. The number of piperidine rings is 1. The fraction of sp³-hybridized carbons (Fsp3) is 0.400. The maximum absolute atomic E-state index is 13.5. The molecule has 1 saturated heterocycles. The first-order chi connectivity index (χ1) is 15.2. The molecule has 0 spiro atoms. The van der Waals surface area contributed by atoms with Crippen LogP contribution in [0.1, 0.15) is 36.5 Å². The molecule has 3 rings (SSSR count). The van der Waals surface area contributed by atoms with Gasteiger partial charge in [-0.2, -0.15) is 0 Å². The lowest BCUT2D eigenvalue weighted by atomic mass is 9.84. The molecule has 1 aliphatic heterocycles. The molecular formula is C25H31N3O4. The highest BCUT2D eigenvalue weighted by molar-refractivity contribution is 6.01. The molecule has 1 aliphatic rings. The summed E-state index contributed by atoms with van der Waals surface area (Å²) in [5.74, 6) is -0.424. The van der Waals surface area contributed by atoms with Crippen molar-refractivity contribution in [3.8, 4) is 0 Å². The van der Waals surface area contributed by atoms with E-state index in [9.17, 15) is 14.4 Å². The normalized spacial score (nSPS) is 15.1. The third-order valence-corrected chi connectivity index (χ3v) is 6.31. The standard InChI is InChI=1S/C25H31N3O4/c1-18-9-8-10-19(2)22(18)26-23(30)25(27(4)20(3)29)13-15-28(16-14-25)24(31)32-17-21-11-6-5-7-12-21/h5-12H,13-17H2,1-4H3,(H,26,30). The van der Waals surface area contributed by atoms with Gasteiger partial charge in [-0.05, 0) is 43.4 Å². The molecule has 1 heterocycles. The van der Waals surface area contributed by atoms with Crippen LogP contribution in [0.2, 0.25) is 0 Å². The molecule has 7 heteroatoms. The highest BCUT2D eigenvalue weighted by Gasteiger charge is 2.47. The molecule has 0 unspecified atom stereocenters. The molecule has 170 valence electrons. The van der Waals surface area contributed by atoms with Crippen molar-refractivity contribution in [2.75, 3.05) is 25.5 Å². The van der Waals surface area contributed by atoms with Crippen LogP contribution in [-0.4, -0.2) is 53.4 Å². The average Bonchev–Trinajstić information content (AvgIpc) is 2.80. The van der Waals surface area contributed by atoms with Crippen LogP contribution in [0, 0.1) is 13.8 Å². The summed E-state index contributed by atoms with van der Waals surface area (Å²) in [6.07, 6.45) is 0.253. The lowest BCUT2D eigenvalue weighted by Gasteiger charge is -2.45. The Bertz CT molecular complexity index is 962. The first kappa shape index (κ1) is 23.3. The third kappa shape index (κ3) is 4.93. The van der Waals surface area contributed by atoms with E-state index in [2.05, 4.69) is 5.32 Å². The Morgan fingerprint density at radius 1 is 1.00 bits per heavy atom. The molecule has 0 atom stereocenters. The number of likely N-dealkylation sites (N-methyl/N-ethyl adjacent to an activating group) is 1. The molecule has 7 nitrogen and oxygen atoms in total. The summed E-state index contributed by atoms with van der Waals surface area (Å²) in [4.78, 5) is 41.4. The van der Waals surface area contributed by atoms with Gasteiger partial charge in [-0.25, -0.2) is 4.79 Å². The number of aryl methyl sites for hydroxylation is 2. The number of nitrogens with one attached hydrogen (secondary N) is 1. The predicted octanol–water partition coefficient (Wildman–Crippen LogP) is 3.89. The minimum Gasteiger partial charge on any atom is -0.445 e. The molecule has 32 heavy (non-hydrogen) atoms. The van der Waals surface area contributed by atoms with Gasteiger partial charge < -0.3 is 19.9 Å². The number of anilines is 1. The van der Waals surface area contributed by atoms with Gasteiger partial charge in [0.15, 0.2) is 0 Å². The molecule has 0 aliphatic carbocycles. The van der Waals surface area contributed by atoms with Crippen LogP contribution >= 0.6 is 0 Å². The SMILES string of the molecule is CC(=O)N(C)C1(C(=O)Nc2c(C)cccc2C)CCN(C(=O)OCc2ccccc2)CC1. The number of para-hydroxylation sites is 1. The zero-order valence-corrected chi connectivity index (χ0v) is 19.2. The van der Waals surface area contributed by atoms with E-state index < -0.39 is 11.6 Å². The summed E-state index contributed by atoms with van der Waals surface area (Å²) < 4.78 is 5.44. The van der Waals surface area contributed by atoms with Crippen molar-refractivity contribution in [2.45, 2.75) is 45.8 Å². The molecule has 0 radical (unpaired) electrons. The Hall–Kier alpha value is -3.35. The first-order valence-corrected chi connectivity index (χ1v) is 10.8. The van der Waals surface area contributed by atoms with E-state index in [1.54, 1.807) is 11.9 Å². The number of likely N-dealkylation sites (tertiary alicyclic amines) is 1. The van der Waals surface area contributed by atoms with E-state index >= 15 is 0 Å². The van der Waals surface area contributed by atoms with E-state index in [1.165, 1.54) is 11.8 Å². The monoisotopic (exact) mass is 437 g/mol. The third-order valence-electron chi connectivity index (χ3n) is 6.31. The summed E-state index contributed by atoms with van der Waals surface area (Å²) in [6.45, 7) is 6.18. The van der Waals surface area contributed by atoms with Crippen molar-refractivity contribution in [1.82, 2.24) is 9.80 Å². The summed E-state index contributed by atoms with van der Waals surface area (Å²) in [5.41, 5.74) is 2.56. The van der Waals surface area contributed by atoms with E-state index in [-0.39, 0.29) is 18.4 Å². The summed E-state index contributed by atoms with van der Waals surface area (Å²) in [6, 6.07) is 15.3. The van der Waals surface area contributed by atoms with Crippen molar-refractivity contribution in [3.05, 3.63) is 65.2 Å². The van der Waals surface area contributed by atoms with Crippen molar-refractivity contribution in [1.29, 1.82) is 0 Å². The number of ether oxygens (including phenoxy) is 1. The maximum atomic E-state index is 13.5. The first-order valence-electron chi connectivity index (χ1n) is 10.8. The fourth-order valence-electron chi connectivity index (χ4n) is 4.13. The summed E-state index contributed by atoms with van der Waals surface area (Å²) in [5, 5.41) is 3.05. The number of benzene rings is 2. The Balaban J connectivity index is 1.71. The van der Waals surface area contributed by atoms with Gasteiger partial charge >= 0.3 is 6.09 Å². The van der Waals surface area contributed by atoms with Crippen LogP contribution in [-0.2, 0) is 20.9 Å². The molecule has 0 bridgehead atoms. The second kappa shape index (κ2) is 9.85. The minimum atomic E-state index is -1.03. The van der Waals surface area contributed by atoms with Crippen molar-refractivity contribution in [3.63, 3.8) is 0 Å². The van der Waals surface area contributed by atoms with Crippen molar-refractivity contribution >= 4 is 23.6 Å². The molecule has 0 saturated carbocycles. The summed E-state index contributed by atoms with van der Waals surface area (Å²) in [7, 11) is 1.65. The molecule has 1 fully saturated rings. The highest BCUT2D eigenvalue weighted by atomic mass is 16.6. The van der Waals surface area contributed by atoms with Gasteiger partial charge in [0.2, 0.25) is 11.8 Å². The van der Waals surface area contributed by atoms with Crippen LogP contribution in [0.5, 0.6) is 0 Å². The lowest BCUT2D eigenvalue weighted by molar-refractivity contribution is -0.144. The van der Waals surface area contributed by atoms with Crippen LogP contribution < -0.4 is 5.32 Å². The van der Waals surface area contributed by atoms with Crippen molar-refractivity contribution < 1.29 is 19.1 Å². The van der Waals surface area contributed by atoms with Gasteiger partial charge in [0.25, 0.3) is 0 Å². The molecule has 1 N–H and O–H groups in total. The van der Waals surface area contributed by atoms with Gasteiger partial charge in [0.1, 0.15) is 12.1 Å². The Labute approximate surface area is 189 Å². The smallest absolute Gasteiger partial charge is 0.410 e. The van der Waals surface area contributed by atoms with E-state index in [1.807, 2.05) is 62.4 Å². The zero-order chi connectivity index (χ0) is 23.3. The van der Waals surface area contributed by atoms with Crippen molar-refractivity contribution in [2.24, 2.45) is 0 Å². The lowest BCUT2D eigenvalue weighted by Crippen LogP contribution is -2.62. The average molecular weight is 438 g/mol. The number of hydrogen-bond donors (Lipinski definition) is 1. The number of carbonyl (C=O) groups excluding carboxylic acids is 3. The number of carbonyl (C=O) groups is 3. The molecule has 2 aromatic rings. The number of nitrogens with zero attached hydrogens (tertiary/aromatic N) is 2. The Kier molecular flexibility index (Phi) is 7.18. The molecular weight excluding hydrogens is 406 g/mol. The highest BCUT2D eigenvalue weighted by Crippen LogP contribution is 2.31. The number of rotatable bonds is 5. The van der Waals surface area contributed by atoms with Crippen LogP contribution in [0.3, 0.4) is 0 Å². The fourth-order valence-corrected chi connectivity index (χ4v) is 4.13.